The second-order valence-electron chi connectivity index (χ2n) is 18.3. The molecule has 0 spiro atoms. The van der Waals surface area contributed by atoms with Crippen LogP contribution >= 0.6 is 24.0 Å². The number of nitrogens with one attached hydrogen (secondary N) is 1. The minimum atomic E-state index is -3.65. The summed E-state index contributed by atoms with van der Waals surface area (Å²) in [6.45, 7) is 15.1. The van der Waals surface area contributed by atoms with Gasteiger partial charge in [-0.3, -0.25) is 9.69 Å². The Morgan fingerprint density at radius 2 is 1.76 bits per heavy atom. The van der Waals surface area contributed by atoms with Crippen LogP contribution in [0.2, 0.25) is 5.02 Å². The molecule has 1 heterocycles. The normalized spacial score (nSPS) is 25.2. The van der Waals surface area contributed by atoms with E-state index in [4.69, 9.17) is 16.3 Å². The van der Waals surface area contributed by atoms with Gasteiger partial charge in [-0.15, -0.1) is 12.4 Å². The number of amides is 1. The quantitative estimate of drug-likeness (QED) is 0.213. The molecule has 2 bridgehead atoms. The number of hydrogen-bond donors (Lipinski definition) is 1. The molecule has 3 aliphatic carbocycles. The molecule has 4 aliphatic rings. The number of carbonyl (C=O) groups excluding carboxylic acids is 1. The number of rotatable bonds is 14. The van der Waals surface area contributed by atoms with E-state index in [1.165, 1.54) is 17.8 Å². The van der Waals surface area contributed by atoms with E-state index in [0.29, 0.717) is 40.3 Å². The van der Waals surface area contributed by atoms with E-state index in [0.717, 1.165) is 36.2 Å². The summed E-state index contributed by atoms with van der Waals surface area (Å²) >= 11 is 6.66. The molecule has 304 valence electrons. The van der Waals surface area contributed by atoms with Crippen molar-refractivity contribution in [1.82, 2.24) is 19.4 Å². The zero-order valence-corrected chi connectivity index (χ0v) is 36.6. The Morgan fingerprint density at radius 1 is 1.09 bits per heavy atom. The Hall–Kier alpha value is -2.15. The Kier molecular flexibility index (Phi) is 14.1. The third-order valence-corrected chi connectivity index (χ3v) is 14.5. The van der Waals surface area contributed by atoms with Gasteiger partial charge in [-0.25, -0.2) is 12.8 Å². The van der Waals surface area contributed by atoms with E-state index in [1.54, 1.807) is 12.1 Å². The van der Waals surface area contributed by atoms with Gasteiger partial charge in [0.2, 0.25) is 15.9 Å². The third kappa shape index (κ3) is 9.86. The molecule has 0 aromatic heterocycles. The number of methoxy groups -OCH3 is 1. The van der Waals surface area contributed by atoms with Crippen LogP contribution in [0, 0.1) is 34.4 Å². The molecule has 6 atom stereocenters. The zero-order chi connectivity index (χ0) is 39.2. The Labute approximate surface area is 335 Å². The topological polar surface area (TPSA) is 85.4 Å². The monoisotopic (exact) mass is 811 g/mol. The van der Waals surface area contributed by atoms with E-state index in [9.17, 15) is 13.2 Å². The molecule has 1 saturated heterocycles. The largest absolute Gasteiger partial charge is 0.494 e. The van der Waals surface area contributed by atoms with Crippen LogP contribution in [-0.2, 0) is 34.5 Å². The number of benzene rings is 2. The second kappa shape index (κ2) is 17.1. The molecule has 2 aromatic rings. The lowest BCUT2D eigenvalue weighted by Crippen LogP contribution is -2.61. The average molecular weight is 813 g/mol. The van der Waals surface area contributed by atoms with Crippen molar-refractivity contribution in [2.24, 2.45) is 28.6 Å². The van der Waals surface area contributed by atoms with Crippen molar-refractivity contribution >= 4 is 45.6 Å². The molecule has 54 heavy (non-hydrogen) atoms. The van der Waals surface area contributed by atoms with Crippen molar-refractivity contribution in [3.05, 3.63) is 57.9 Å². The lowest BCUT2D eigenvalue weighted by molar-refractivity contribution is -0.136. The summed E-state index contributed by atoms with van der Waals surface area (Å²) in [5, 5.41) is 3.64. The van der Waals surface area contributed by atoms with Crippen LogP contribution in [0.25, 0.3) is 0 Å². The standard InChI is InChI=1S/C41H63ClFN5O4S.ClH/c1-26-33-19-29(41(33,5)6)20-35(26)44-39(49)36-14-15-53(50,51)48(36)23-28-16-27(17-30(18-28)46(9)10)22-47(31(24-45(7)8)21-40(2,3)4)25-32-34(42)12-13-37(52-11)38(32)43;/h12-13,16-18,26,29,31,33,35-36H,14-15,19-25H2,1-11H3,(H,44,49);1H/t26-,29+,31-,33-,35-,36?;/m0./s1. The summed E-state index contributed by atoms with van der Waals surface area (Å²) in [4.78, 5) is 20.3. The van der Waals surface area contributed by atoms with Gasteiger partial charge >= 0.3 is 0 Å². The fraction of sp³-hybridized carbons (Fsp3) is 0.683. The average Bonchev–Trinajstić information content (AvgIpc) is 3.35. The van der Waals surface area contributed by atoms with Crippen LogP contribution < -0.4 is 15.0 Å². The van der Waals surface area contributed by atoms with Crippen LogP contribution in [0.4, 0.5) is 10.1 Å². The zero-order valence-electron chi connectivity index (χ0n) is 34.2. The van der Waals surface area contributed by atoms with Gasteiger partial charge in [0.1, 0.15) is 6.04 Å². The SMILES string of the molecule is COc1ccc(Cl)c(CN(Cc2cc(CN3C(C(=O)N[C@H]4C[C@H]5C[C@@H]([C@@H]4C)C5(C)C)CCS3(=O)=O)cc(N(C)C)c2)[C@H](CN(C)C)CC(C)(C)C)c1F.Cl. The molecule has 1 N–H and O–H groups in total. The molecule has 6 rings (SSSR count). The van der Waals surface area contributed by atoms with Crippen molar-refractivity contribution in [2.75, 3.05) is 52.5 Å². The van der Waals surface area contributed by atoms with Gasteiger partial charge in [-0.1, -0.05) is 59.2 Å². The van der Waals surface area contributed by atoms with E-state index in [2.05, 4.69) is 62.7 Å². The summed E-state index contributed by atoms with van der Waals surface area (Å²) < 4.78 is 49.7. The molecular formula is C41H64Cl2FN5O4S. The Morgan fingerprint density at radius 3 is 2.33 bits per heavy atom. The maximum Gasteiger partial charge on any atom is 0.238 e. The van der Waals surface area contributed by atoms with Crippen LogP contribution in [-0.4, -0.2) is 94.2 Å². The number of hydrogen-bond acceptors (Lipinski definition) is 7. The van der Waals surface area contributed by atoms with Gasteiger partial charge in [0.15, 0.2) is 11.6 Å². The van der Waals surface area contributed by atoms with E-state index in [-0.39, 0.29) is 66.8 Å². The number of anilines is 1. The summed E-state index contributed by atoms with van der Waals surface area (Å²) in [5.41, 5.74) is 3.32. The predicted molar refractivity (Wildman–Crippen MR) is 220 cm³/mol. The lowest BCUT2D eigenvalue weighted by atomic mass is 9.45. The first-order chi connectivity index (χ1) is 24.6. The highest BCUT2D eigenvalue weighted by molar-refractivity contribution is 7.89. The van der Waals surface area contributed by atoms with Crippen LogP contribution in [0.1, 0.15) is 83.9 Å². The minimum Gasteiger partial charge on any atom is -0.494 e. The molecule has 4 fully saturated rings. The summed E-state index contributed by atoms with van der Waals surface area (Å²) in [5.74, 6) is 0.930. The first-order valence-corrected chi connectivity index (χ1v) is 21.1. The first kappa shape index (κ1) is 44.6. The van der Waals surface area contributed by atoms with Gasteiger partial charge in [0.25, 0.3) is 0 Å². The van der Waals surface area contributed by atoms with E-state index >= 15 is 4.39 Å². The van der Waals surface area contributed by atoms with Gasteiger partial charge in [-0.2, -0.15) is 4.31 Å². The minimum absolute atomic E-state index is 0. The first-order valence-electron chi connectivity index (χ1n) is 19.1. The number of sulfonamides is 1. The lowest BCUT2D eigenvalue weighted by Gasteiger charge is -2.62. The van der Waals surface area contributed by atoms with Crippen molar-refractivity contribution in [3.8, 4) is 5.75 Å². The van der Waals surface area contributed by atoms with Crippen LogP contribution in [0.5, 0.6) is 5.75 Å². The highest BCUT2D eigenvalue weighted by atomic mass is 35.5. The molecule has 1 unspecified atom stereocenters. The van der Waals surface area contributed by atoms with Gasteiger partial charge in [0.05, 0.1) is 12.9 Å². The highest BCUT2D eigenvalue weighted by Gasteiger charge is 2.57. The summed E-state index contributed by atoms with van der Waals surface area (Å²) in [7, 11) is 5.80. The number of nitrogens with zero attached hydrogens (tertiary/aromatic N) is 4. The molecule has 13 heteroatoms. The molecule has 3 saturated carbocycles. The van der Waals surface area contributed by atoms with Crippen molar-refractivity contribution < 1.29 is 22.3 Å². The summed E-state index contributed by atoms with van der Waals surface area (Å²) in [6.07, 6.45) is 3.26. The van der Waals surface area contributed by atoms with Crippen molar-refractivity contribution in [2.45, 2.75) is 105 Å². The molecule has 9 nitrogen and oxygen atoms in total. The van der Waals surface area contributed by atoms with E-state index < -0.39 is 21.9 Å². The Bertz CT molecular complexity index is 1750. The summed E-state index contributed by atoms with van der Waals surface area (Å²) in [6, 6.07) is 8.70. The highest BCUT2D eigenvalue weighted by Crippen LogP contribution is 2.61. The maximum absolute atomic E-state index is 15.8. The number of carbonyl (C=O) groups is 1. The molecule has 0 radical (unpaired) electrons. The molecule has 2 aromatic carbocycles. The molecular weight excluding hydrogens is 748 g/mol. The third-order valence-electron chi connectivity index (χ3n) is 12.3. The smallest absolute Gasteiger partial charge is 0.238 e. The predicted octanol–water partition coefficient (Wildman–Crippen LogP) is 7.44. The maximum atomic E-state index is 15.8. The second-order valence-corrected chi connectivity index (χ2v) is 20.7. The fourth-order valence-electron chi connectivity index (χ4n) is 9.24. The van der Waals surface area contributed by atoms with Crippen molar-refractivity contribution in [3.63, 3.8) is 0 Å². The number of fused-ring (bicyclic) bond motifs is 2. The van der Waals surface area contributed by atoms with Gasteiger partial charge < -0.3 is 19.9 Å². The van der Waals surface area contributed by atoms with E-state index in [1.807, 2.05) is 45.2 Å². The number of halogens is 3. The van der Waals surface area contributed by atoms with Crippen LogP contribution in [0.15, 0.2) is 30.3 Å². The van der Waals surface area contributed by atoms with Crippen molar-refractivity contribution in [1.29, 1.82) is 0 Å². The van der Waals surface area contributed by atoms with Gasteiger partial charge in [-0.05, 0) is 104 Å². The number of ether oxygens (including phenoxy) is 1. The van der Waals surface area contributed by atoms with Crippen LogP contribution in [0.3, 0.4) is 0 Å². The Balaban J connectivity index is 0.00000650. The molecule has 1 aliphatic heterocycles. The molecule has 1 amide bonds. The van der Waals surface area contributed by atoms with Gasteiger partial charge in [0, 0.05) is 68.6 Å². The fourth-order valence-corrected chi connectivity index (χ4v) is 11.1. The number of likely N-dealkylation sites (N-methyl/N-ethyl adjacent to an activating group) is 1.